The molecule has 1 unspecified atom stereocenters. The summed E-state index contributed by atoms with van der Waals surface area (Å²) in [7, 11) is 1.98. The number of aryl methyl sites for hydroxylation is 1. The lowest BCUT2D eigenvalue weighted by Gasteiger charge is -2.36. The van der Waals surface area contributed by atoms with E-state index in [4.69, 9.17) is 17.0 Å². The average molecular weight is 444 g/mol. The van der Waals surface area contributed by atoms with Gasteiger partial charge in [-0.05, 0) is 68.0 Å². The molecule has 1 heterocycles. The smallest absolute Gasteiger partial charge is 0.173 e. The quantitative estimate of drug-likeness (QED) is 0.450. The van der Waals surface area contributed by atoms with E-state index in [1.807, 2.05) is 48.3 Å². The Morgan fingerprint density at radius 2 is 1.75 bits per heavy atom. The minimum Gasteiger partial charge on any atom is -0.481 e. The number of thiocarbonyl (C=S) groups is 1. The van der Waals surface area contributed by atoms with E-state index in [0.717, 1.165) is 29.2 Å². The highest BCUT2D eigenvalue weighted by atomic mass is 32.1. The maximum Gasteiger partial charge on any atom is 0.173 e. The Bertz CT molecular complexity index is 1110. The summed E-state index contributed by atoms with van der Waals surface area (Å²) in [6, 6.07) is 24.8. The molecule has 0 spiro atoms. The van der Waals surface area contributed by atoms with Gasteiger partial charge in [0, 0.05) is 30.5 Å². The maximum atomic E-state index is 6.38. The predicted octanol–water partition coefficient (Wildman–Crippen LogP) is 6.10. The molecule has 0 amide bonds. The molecule has 0 saturated carbocycles. The van der Waals surface area contributed by atoms with E-state index < -0.39 is 5.60 Å². The Balaban J connectivity index is 1.37. The topological polar surface area (TPSA) is 36.5 Å². The van der Waals surface area contributed by atoms with Crippen LogP contribution in [0.15, 0.2) is 78.9 Å². The zero-order valence-electron chi connectivity index (χ0n) is 18.8. The van der Waals surface area contributed by atoms with E-state index in [-0.39, 0.29) is 0 Å². The average Bonchev–Trinajstić information content (AvgIpc) is 2.79. The number of nitrogens with zero attached hydrogens (tertiary/aromatic N) is 1. The van der Waals surface area contributed by atoms with Crippen LogP contribution in [0.1, 0.15) is 23.6 Å². The molecule has 4 nitrogen and oxygen atoms in total. The molecule has 3 aromatic carbocycles. The summed E-state index contributed by atoms with van der Waals surface area (Å²) in [5.41, 5.74) is 5.19. The molecule has 0 saturated heterocycles. The number of hydrogen-bond donors (Lipinski definition) is 2. The molecule has 1 aliphatic rings. The lowest BCUT2D eigenvalue weighted by atomic mass is 9.99. The summed E-state index contributed by atoms with van der Waals surface area (Å²) in [6.07, 6.45) is 4.25. The molecule has 0 bridgehead atoms. The Hall–Kier alpha value is -3.31. The Morgan fingerprint density at radius 3 is 2.50 bits per heavy atom. The number of benzene rings is 3. The highest BCUT2D eigenvalue weighted by molar-refractivity contribution is 7.80. The molecule has 32 heavy (non-hydrogen) atoms. The molecule has 2 N–H and O–H groups in total. The molecule has 1 aliphatic heterocycles. The van der Waals surface area contributed by atoms with Gasteiger partial charge in [0.15, 0.2) is 5.11 Å². The van der Waals surface area contributed by atoms with Crippen molar-refractivity contribution in [3.63, 3.8) is 0 Å². The van der Waals surface area contributed by atoms with Crippen LogP contribution in [0.2, 0.25) is 0 Å². The molecule has 0 fully saturated rings. The first-order valence-electron chi connectivity index (χ1n) is 10.8. The number of anilines is 2. The zero-order valence-corrected chi connectivity index (χ0v) is 19.6. The zero-order chi connectivity index (χ0) is 22.6. The Morgan fingerprint density at radius 1 is 1.00 bits per heavy atom. The monoisotopic (exact) mass is 443 g/mol. The van der Waals surface area contributed by atoms with Crippen LogP contribution in [0.4, 0.5) is 11.4 Å². The lowest BCUT2D eigenvalue weighted by molar-refractivity contribution is 0.115. The fourth-order valence-electron chi connectivity index (χ4n) is 3.71. The van der Waals surface area contributed by atoms with Gasteiger partial charge in [0.2, 0.25) is 0 Å². The fourth-order valence-corrected chi connectivity index (χ4v) is 3.89. The van der Waals surface area contributed by atoms with E-state index in [9.17, 15) is 0 Å². The third-order valence-corrected chi connectivity index (χ3v) is 5.92. The van der Waals surface area contributed by atoms with Crippen molar-refractivity contribution in [3.05, 3.63) is 95.6 Å². The van der Waals surface area contributed by atoms with Gasteiger partial charge in [-0.15, -0.1) is 0 Å². The van der Waals surface area contributed by atoms with Crippen molar-refractivity contribution >= 4 is 34.8 Å². The van der Waals surface area contributed by atoms with Crippen LogP contribution in [0.5, 0.6) is 5.75 Å². The SMILES string of the molecule is Cc1ccc(CNc2ccc3c(c2)C=CC(C)(CN(C)C(=S)Nc2ccccc2)O3)cc1. The normalized spacial score (nSPS) is 16.6. The van der Waals surface area contributed by atoms with Crippen LogP contribution in [0, 0.1) is 6.92 Å². The van der Waals surface area contributed by atoms with Gasteiger partial charge in [0.25, 0.3) is 0 Å². The van der Waals surface area contributed by atoms with Crippen LogP contribution in [-0.2, 0) is 6.54 Å². The van der Waals surface area contributed by atoms with Crippen LogP contribution in [0.25, 0.3) is 6.08 Å². The summed E-state index contributed by atoms with van der Waals surface area (Å²) >= 11 is 5.58. The van der Waals surface area contributed by atoms with Crippen LogP contribution < -0.4 is 15.4 Å². The van der Waals surface area contributed by atoms with Crippen molar-refractivity contribution in [1.29, 1.82) is 0 Å². The van der Waals surface area contributed by atoms with E-state index in [0.29, 0.717) is 11.7 Å². The number of nitrogens with one attached hydrogen (secondary N) is 2. The van der Waals surface area contributed by atoms with Gasteiger partial charge in [-0.2, -0.15) is 0 Å². The Labute approximate surface area is 195 Å². The van der Waals surface area contributed by atoms with Crippen molar-refractivity contribution in [3.8, 4) is 5.75 Å². The van der Waals surface area contributed by atoms with Crippen molar-refractivity contribution < 1.29 is 4.74 Å². The van der Waals surface area contributed by atoms with Gasteiger partial charge in [-0.3, -0.25) is 0 Å². The predicted molar refractivity (Wildman–Crippen MR) is 138 cm³/mol. The first kappa shape index (κ1) is 21.9. The number of fused-ring (bicyclic) bond motifs is 1. The van der Waals surface area contributed by atoms with E-state index >= 15 is 0 Å². The van der Waals surface area contributed by atoms with E-state index in [1.54, 1.807) is 0 Å². The van der Waals surface area contributed by atoms with Crippen LogP contribution >= 0.6 is 12.2 Å². The van der Waals surface area contributed by atoms with Crippen molar-refractivity contribution in [2.24, 2.45) is 0 Å². The third-order valence-electron chi connectivity index (χ3n) is 5.51. The third kappa shape index (κ3) is 5.48. The number of rotatable bonds is 6. The second-order valence-electron chi connectivity index (χ2n) is 8.49. The van der Waals surface area contributed by atoms with Gasteiger partial charge in [-0.25, -0.2) is 0 Å². The molecule has 0 radical (unpaired) electrons. The molecular formula is C27H29N3OS. The minimum atomic E-state index is -0.471. The first-order valence-corrected chi connectivity index (χ1v) is 11.2. The second kappa shape index (κ2) is 9.45. The van der Waals surface area contributed by atoms with Gasteiger partial charge >= 0.3 is 0 Å². The summed E-state index contributed by atoms with van der Waals surface area (Å²) < 4.78 is 6.38. The standard InChI is InChI=1S/C27H29N3OS/c1-20-9-11-21(12-10-20)18-28-24-13-14-25-22(17-24)15-16-27(2,31-25)19-30(3)26(32)29-23-7-5-4-6-8-23/h4-17,28H,18-19H2,1-3H3,(H,29,32). The van der Waals surface area contributed by atoms with Crippen molar-refractivity contribution in [2.75, 3.05) is 24.2 Å². The van der Waals surface area contributed by atoms with Gasteiger partial charge in [0.1, 0.15) is 11.4 Å². The lowest BCUT2D eigenvalue weighted by Crippen LogP contribution is -2.46. The number of likely N-dealkylation sites (N-methyl/N-ethyl adjacent to an activating group) is 1. The molecule has 1 atom stereocenters. The fraction of sp³-hybridized carbons (Fsp3) is 0.222. The molecule has 4 rings (SSSR count). The number of hydrogen-bond acceptors (Lipinski definition) is 3. The second-order valence-corrected chi connectivity index (χ2v) is 8.88. The summed E-state index contributed by atoms with van der Waals surface area (Å²) in [6.45, 7) is 5.61. The maximum absolute atomic E-state index is 6.38. The summed E-state index contributed by atoms with van der Waals surface area (Å²) in [4.78, 5) is 2.01. The molecule has 3 aromatic rings. The van der Waals surface area contributed by atoms with Gasteiger partial charge in [-0.1, -0.05) is 54.1 Å². The van der Waals surface area contributed by atoms with Crippen LogP contribution in [-0.4, -0.2) is 29.2 Å². The van der Waals surface area contributed by atoms with Crippen molar-refractivity contribution in [1.82, 2.24) is 4.90 Å². The number of para-hydroxylation sites is 1. The summed E-state index contributed by atoms with van der Waals surface area (Å²) in [5.74, 6) is 0.881. The molecule has 0 aliphatic carbocycles. The largest absolute Gasteiger partial charge is 0.481 e. The van der Waals surface area contributed by atoms with E-state index in [1.165, 1.54) is 11.1 Å². The van der Waals surface area contributed by atoms with Crippen LogP contribution in [0.3, 0.4) is 0 Å². The highest BCUT2D eigenvalue weighted by Crippen LogP contribution is 2.33. The molecule has 0 aromatic heterocycles. The van der Waals surface area contributed by atoms with Gasteiger partial charge in [0.05, 0.1) is 6.54 Å². The van der Waals surface area contributed by atoms with E-state index in [2.05, 4.69) is 73.0 Å². The summed E-state index contributed by atoms with van der Waals surface area (Å²) in [5, 5.41) is 7.44. The minimum absolute atomic E-state index is 0.471. The number of ether oxygens (including phenoxy) is 1. The highest BCUT2D eigenvalue weighted by Gasteiger charge is 2.30. The van der Waals surface area contributed by atoms with Gasteiger partial charge < -0.3 is 20.3 Å². The molecular weight excluding hydrogens is 414 g/mol. The molecule has 164 valence electrons. The Kier molecular flexibility index (Phi) is 6.47. The first-order chi connectivity index (χ1) is 15.4. The molecule has 5 heteroatoms. The van der Waals surface area contributed by atoms with Crippen molar-refractivity contribution in [2.45, 2.75) is 26.0 Å².